The average Bonchev–Trinajstić information content (AvgIpc) is 2.77. The van der Waals surface area contributed by atoms with E-state index in [4.69, 9.17) is 0 Å². The van der Waals surface area contributed by atoms with Gasteiger partial charge in [-0.15, -0.1) is 0 Å². The Morgan fingerprint density at radius 1 is 0.379 bits per heavy atom. The molecule has 0 saturated carbocycles. The highest BCUT2D eigenvalue weighted by Crippen LogP contribution is 2.72. The van der Waals surface area contributed by atoms with Gasteiger partial charge in [0.2, 0.25) is 0 Å². The summed E-state index contributed by atoms with van der Waals surface area (Å²) in [4.78, 5) is 0. The molecule has 0 aromatic heterocycles. The van der Waals surface area contributed by atoms with Gasteiger partial charge in [0.25, 0.3) is 0 Å². The summed E-state index contributed by atoms with van der Waals surface area (Å²) < 4.78 is 0.0194. The van der Waals surface area contributed by atoms with Gasteiger partial charge in [0.05, 0.1) is 0 Å². The van der Waals surface area contributed by atoms with Gasteiger partial charge < -0.3 is 0 Å². The van der Waals surface area contributed by atoms with E-state index in [9.17, 15) is 0 Å². The van der Waals surface area contributed by atoms with Crippen LogP contribution in [0.5, 0.6) is 0 Å². The second-order valence-electron chi connectivity index (χ2n) is 6.52. The van der Waals surface area contributed by atoms with Crippen LogP contribution in [0.2, 0.25) is 0 Å². The topological polar surface area (TPSA) is 0 Å². The minimum absolute atomic E-state index is 0.0194. The Kier molecular flexibility index (Phi) is 7.39. The minimum atomic E-state index is -0.579. The number of hydrogen-bond donors (Lipinski definition) is 0. The van der Waals surface area contributed by atoms with Crippen LogP contribution in [0.1, 0.15) is 0 Å². The largest absolute Gasteiger partial charge is 0.127 e. The molecule has 0 bridgehead atoms. The zero-order valence-corrected chi connectivity index (χ0v) is 21.8. The Labute approximate surface area is 202 Å². The molecule has 0 heterocycles. The maximum atomic E-state index is 2.76. The van der Waals surface area contributed by atoms with Crippen LogP contribution in [-0.2, 0) is 0 Å². The van der Waals surface area contributed by atoms with Gasteiger partial charge in [0, 0.05) is 0 Å². The summed E-state index contributed by atoms with van der Waals surface area (Å²) in [5.74, 6) is 0. The molecule has 0 spiro atoms. The van der Waals surface area contributed by atoms with Crippen LogP contribution >= 0.6 is 61.0 Å². The predicted octanol–water partition coefficient (Wildman–Crippen LogP) is 6.73. The third-order valence-corrected chi connectivity index (χ3v) is 15.9. The number of hydrogen-bond acceptors (Lipinski definition) is 0. The summed E-state index contributed by atoms with van der Waals surface area (Å²) in [6.45, 7) is 0. The summed E-state index contributed by atoms with van der Waals surface area (Å²) in [7, 11) is -1.16. The minimum Gasteiger partial charge on any atom is -0.0622 e. The van der Waals surface area contributed by atoms with Crippen LogP contribution in [0.25, 0.3) is 0 Å². The van der Waals surface area contributed by atoms with E-state index in [0.717, 1.165) is 0 Å². The molecule has 0 fully saturated rings. The van der Waals surface area contributed by atoms with E-state index in [1.807, 2.05) is 0 Å². The molecule has 0 unspecified atom stereocenters. The number of halogens is 2. The van der Waals surface area contributed by atoms with Crippen LogP contribution < -0.4 is 21.2 Å². The number of benzene rings is 4. The fourth-order valence-electron chi connectivity index (χ4n) is 3.33. The van der Waals surface area contributed by atoms with Crippen molar-refractivity contribution < 1.29 is 0 Å². The fourth-order valence-corrected chi connectivity index (χ4v) is 15.9. The highest BCUT2D eigenvalue weighted by Gasteiger charge is 2.44. The van der Waals surface area contributed by atoms with Gasteiger partial charge in [-0.05, 0) is 37.1 Å². The predicted molar refractivity (Wildman–Crippen MR) is 149 cm³/mol. The van der Waals surface area contributed by atoms with Gasteiger partial charge in [0.1, 0.15) is 0.911 Å². The summed E-state index contributed by atoms with van der Waals surface area (Å²) in [5.41, 5.74) is 0. The Morgan fingerprint density at radius 2 is 0.586 bits per heavy atom. The van der Waals surface area contributed by atoms with Crippen molar-refractivity contribution in [2.75, 3.05) is 0 Å². The molecule has 0 atom stereocenters. The molecule has 0 radical (unpaired) electrons. The van der Waals surface area contributed by atoms with E-state index in [1.54, 1.807) is 0 Å². The first kappa shape index (κ1) is 21.4. The van der Waals surface area contributed by atoms with Gasteiger partial charge in [-0.25, -0.2) is 0 Å². The molecule has 0 aliphatic carbocycles. The van der Waals surface area contributed by atoms with E-state index in [2.05, 4.69) is 167 Å². The molecule has 4 heteroatoms. The Balaban J connectivity index is 1.91. The van der Waals surface area contributed by atoms with Crippen molar-refractivity contribution >= 4 is 82.2 Å². The van der Waals surface area contributed by atoms with Crippen molar-refractivity contribution in [2.24, 2.45) is 0 Å². The molecular formula is C25H20I2P2. The average molecular weight is 636 g/mol. The zero-order valence-electron chi connectivity index (χ0n) is 15.7. The third-order valence-electron chi connectivity index (χ3n) is 4.60. The molecule has 0 aliphatic heterocycles. The molecule has 0 saturated heterocycles. The maximum absolute atomic E-state index is 2.76. The van der Waals surface area contributed by atoms with Crippen LogP contribution in [0.15, 0.2) is 121 Å². The fraction of sp³-hybridized carbons (Fsp3) is 0.0400. The molecular weight excluding hydrogens is 616 g/mol. The Bertz CT molecular complexity index is 859. The molecule has 4 aromatic carbocycles. The molecule has 0 aliphatic rings. The smallest absolute Gasteiger partial charge is 0.0622 e. The van der Waals surface area contributed by atoms with Crippen molar-refractivity contribution in [3.63, 3.8) is 0 Å². The standard InChI is InChI=1S/C25H20I2P2/c26-25(27,28(21-13-5-1-6-14-21)22-15-7-2-8-16-22)29(23-17-9-3-10-18-23)24-19-11-4-12-20-24/h1-20H. The molecule has 0 nitrogen and oxygen atoms in total. The van der Waals surface area contributed by atoms with Gasteiger partial charge in [-0.2, -0.15) is 0 Å². The first-order chi connectivity index (χ1) is 14.2. The lowest BCUT2D eigenvalue weighted by atomic mass is 10.4. The van der Waals surface area contributed by atoms with Crippen LogP contribution in [0, 0.1) is 0 Å². The van der Waals surface area contributed by atoms with E-state index in [0.29, 0.717) is 0 Å². The van der Waals surface area contributed by atoms with Crippen LogP contribution in [-0.4, -0.2) is 0.911 Å². The Morgan fingerprint density at radius 3 is 0.793 bits per heavy atom. The van der Waals surface area contributed by atoms with Crippen molar-refractivity contribution in [3.05, 3.63) is 121 Å². The van der Waals surface area contributed by atoms with Crippen molar-refractivity contribution in [2.45, 2.75) is 0.911 Å². The summed E-state index contributed by atoms with van der Waals surface area (Å²) >= 11 is 5.52. The highest BCUT2D eigenvalue weighted by molar-refractivity contribution is 14.2. The number of alkyl halides is 2. The first-order valence-corrected chi connectivity index (χ1v) is 14.2. The van der Waals surface area contributed by atoms with Crippen molar-refractivity contribution in [1.82, 2.24) is 0 Å². The first-order valence-electron chi connectivity index (χ1n) is 9.36. The molecule has 144 valence electrons. The molecule has 4 rings (SSSR count). The second kappa shape index (κ2) is 10.0. The van der Waals surface area contributed by atoms with Gasteiger partial charge in [-0.3, -0.25) is 0 Å². The molecule has 0 amide bonds. The van der Waals surface area contributed by atoms with Gasteiger partial charge in [-0.1, -0.05) is 167 Å². The van der Waals surface area contributed by atoms with Crippen molar-refractivity contribution in [1.29, 1.82) is 0 Å². The van der Waals surface area contributed by atoms with E-state index in [-0.39, 0.29) is 0.911 Å². The molecule has 29 heavy (non-hydrogen) atoms. The summed E-state index contributed by atoms with van der Waals surface area (Å²) in [6.07, 6.45) is 0. The lowest BCUT2D eigenvalue weighted by molar-refractivity contribution is 1.72. The van der Waals surface area contributed by atoms with E-state index >= 15 is 0 Å². The lowest BCUT2D eigenvalue weighted by Crippen LogP contribution is -2.29. The maximum Gasteiger partial charge on any atom is 0.127 e. The zero-order chi connectivity index (χ0) is 20.1. The molecule has 4 aromatic rings. The van der Waals surface area contributed by atoms with E-state index in [1.165, 1.54) is 21.2 Å². The Hall–Kier alpha value is -0.800. The normalized spacial score (nSPS) is 11.7. The van der Waals surface area contributed by atoms with Crippen LogP contribution in [0.4, 0.5) is 0 Å². The number of rotatable bonds is 6. The summed E-state index contributed by atoms with van der Waals surface area (Å²) in [5, 5.41) is 5.71. The lowest BCUT2D eigenvalue weighted by Gasteiger charge is -2.39. The third kappa shape index (κ3) is 4.93. The van der Waals surface area contributed by atoms with Crippen LogP contribution in [0.3, 0.4) is 0 Å². The molecule has 0 N–H and O–H groups in total. The van der Waals surface area contributed by atoms with E-state index < -0.39 is 15.8 Å². The highest BCUT2D eigenvalue weighted by atomic mass is 127. The van der Waals surface area contributed by atoms with Gasteiger partial charge >= 0.3 is 0 Å². The summed E-state index contributed by atoms with van der Waals surface area (Å²) in [6, 6.07) is 44.2. The SMILES string of the molecule is IC(I)(P(c1ccccc1)c1ccccc1)P(c1ccccc1)c1ccccc1. The quantitative estimate of drug-likeness (QED) is 0.125. The monoisotopic (exact) mass is 636 g/mol. The van der Waals surface area contributed by atoms with Gasteiger partial charge in [0.15, 0.2) is 0 Å². The van der Waals surface area contributed by atoms with Crippen molar-refractivity contribution in [3.8, 4) is 0 Å². The second-order valence-corrected chi connectivity index (χ2v) is 20.3.